The maximum Gasteiger partial charge on any atom is 0.128 e. The van der Waals surface area contributed by atoms with Crippen LogP contribution in [0.5, 0.6) is 11.5 Å². The summed E-state index contributed by atoms with van der Waals surface area (Å²) in [6.07, 6.45) is 0. The molecule has 2 aromatic rings. The molecule has 0 saturated carbocycles. The number of anilines is 1. The van der Waals surface area contributed by atoms with Gasteiger partial charge in [-0.1, -0.05) is 6.07 Å². The lowest BCUT2D eigenvalue weighted by molar-refractivity contribution is 0.482. The van der Waals surface area contributed by atoms with Crippen LogP contribution in [0.15, 0.2) is 42.5 Å². The van der Waals surface area contributed by atoms with Crippen LogP contribution in [-0.2, 0) is 0 Å². The second-order valence-corrected chi connectivity index (χ2v) is 3.86. The lowest BCUT2D eigenvalue weighted by atomic mass is 10.2. The van der Waals surface area contributed by atoms with Crippen molar-refractivity contribution in [1.29, 1.82) is 5.26 Å². The van der Waals surface area contributed by atoms with E-state index in [9.17, 15) is 0 Å². The number of nitrogens with two attached hydrogens (primary N) is 1. The summed E-state index contributed by atoms with van der Waals surface area (Å²) in [4.78, 5) is 0. The van der Waals surface area contributed by atoms with Gasteiger partial charge in [0, 0.05) is 0 Å². The average Bonchev–Trinajstić information content (AvgIpc) is 2.39. The molecule has 0 atom stereocenters. The largest absolute Gasteiger partial charge is 0.457 e. The SMILES string of the molecule is Cc1cc(Oc2cccc(C#N)c2)ccc1NN. The van der Waals surface area contributed by atoms with Crippen molar-refractivity contribution in [3.8, 4) is 17.6 Å². The Hall–Kier alpha value is -2.51. The molecule has 0 aromatic heterocycles. The Morgan fingerprint density at radius 1 is 1.17 bits per heavy atom. The first-order chi connectivity index (χ1) is 8.72. The van der Waals surface area contributed by atoms with Crippen molar-refractivity contribution in [3.05, 3.63) is 53.6 Å². The van der Waals surface area contributed by atoms with Gasteiger partial charge in [-0.15, -0.1) is 0 Å². The van der Waals surface area contributed by atoms with Crippen molar-refractivity contribution in [2.45, 2.75) is 6.92 Å². The van der Waals surface area contributed by atoms with Gasteiger partial charge in [-0.25, -0.2) is 0 Å². The van der Waals surface area contributed by atoms with Crippen LogP contribution in [0.25, 0.3) is 0 Å². The number of benzene rings is 2. The molecule has 2 aromatic carbocycles. The quantitative estimate of drug-likeness (QED) is 0.638. The monoisotopic (exact) mass is 239 g/mol. The zero-order valence-electron chi connectivity index (χ0n) is 9.97. The summed E-state index contributed by atoms with van der Waals surface area (Å²) in [6.45, 7) is 1.94. The number of hydrogen-bond donors (Lipinski definition) is 2. The van der Waals surface area contributed by atoms with Crippen molar-refractivity contribution >= 4 is 5.69 Å². The van der Waals surface area contributed by atoms with E-state index in [0.29, 0.717) is 17.1 Å². The minimum atomic E-state index is 0.574. The van der Waals surface area contributed by atoms with Crippen LogP contribution in [0.4, 0.5) is 5.69 Å². The summed E-state index contributed by atoms with van der Waals surface area (Å²) >= 11 is 0. The number of ether oxygens (including phenoxy) is 1. The van der Waals surface area contributed by atoms with E-state index in [1.54, 1.807) is 18.2 Å². The van der Waals surface area contributed by atoms with Crippen LogP contribution < -0.4 is 16.0 Å². The molecule has 0 aliphatic rings. The number of aryl methyl sites for hydroxylation is 1. The Labute approximate surface area is 106 Å². The third kappa shape index (κ3) is 2.59. The molecule has 0 radical (unpaired) electrons. The van der Waals surface area contributed by atoms with Gasteiger partial charge in [-0.3, -0.25) is 5.84 Å². The van der Waals surface area contributed by atoms with Crippen molar-refractivity contribution in [1.82, 2.24) is 0 Å². The fourth-order valence-corrected chi connectivity index (χ4v) is 1.63. The van der Waals surface area contributed by atoms with Crippen LogP contribution in [0.2, 0.25) is 0 Å². The molecule has 0 amide bonds. The summed E-state index contributed by atoms with van der Waals surface area (Å²) in [5.74, 6) is 6.71. The first-order valence-corrected chi connectivity index (χ1v) is 5.48. The summed E-state index contributed by atoms with van der Waals surface area (Å²) in [5, 5.41) is 8.81. The Morgan fingerprint density at radius 2 is 1.94 bits per heavy atom. The lowest BCUT2D eigenvalue weighted by Crippen LogP contribution is -2.07. The molecule has 0 bridgehead atoms. The first-order valence-electron chi connectivity index (χ1n) is 5.48. The molecular weight excluding hydrogens is 226 g/mol. The normalized spacial score (nSPS) is 9.61. The second kappa shape index (κ2) is 5.21. The Balaban J connectivity index is 2.23. The summed E-state index contributed by atoms with van der Waals surface area (Å²) in [5.41, 5.74) is 5.03. The van der Waals surface area contributed by atoms with Crippen LogP contribution >= 0.6 is 0 Å². The van der Waals surface area contributed by atoms with E-state index in [1.807, 2.05) is 31.2 Å². The lowest BCUT2D eigenvalue weighted by Gasteiger charge is -2.09. The highest BCUT2D eigenvalue weighted by atomic mass is 16.5. The maximum absolute atomic E-state index is 8.81. The number of rotatable bonds is 3. The Morgan fingerprint density at radius 3 is 2.61 bits per heavy atom. The highest BCUT2D eigenvalue weighted by molar-refractivity contribution is 5.53. The minimum absolute atomic E-state index is 0.574. The van der Waals surface area contributed by atoms with E-state index in [2.05, 4.69) is 11.5 Å². The van der Waals surface area contributed by atoms with E-state index < -0.39 is 0 Å². The zero-order valence-corrected chi connectivity index (χ0v) is 9.97. The van der Waals surface area contributed by atoms with Gasteiger partial charge >= 0.3 is 0 Å². The van der Waals surface area contributed by atoms with E-state index >= 15 is 0 Å². The highest BCUT2D eigenvalue weighted by Gasteiger charge is 2.02. The van der Waals surface area contributed by atoms with Crippen molar-refractivity contribution < 1.29 is 4.74 Å². The first kappa shape index (κ1) is 12.0. The van der Waals surface area contributed by atoms with E-state index in [4.69, 9.17) is 15.8 Å². The highest BCUT2D eigenvalue weighted by Crippen LogP contribution is 2.26. The predicted octanol–water partition coefficient (Wildman–Crippen LogP) is 2.94. The van der Waals surface area contributed by atoms with Gasteiger partial charge in [-0.05, 0) is 48.9 Å². The summed E-state index contributed by atoms with van der Waals surface area (Å²) in [6, 6.07) is 14.7. The molecule has 90 valence electrons. The van der Waals surface area contributed by atoms with E-state index in [1.165, 1.54) is 0 Å². The number of nitrogens with one attached hydrogen (secondary N) is 1. The maximum atomic E-state index is 8.81. The summed E-state index contributed by atoms with van der Waals surface area (Å²) < 4.78 is 5.68. The molecule has 4 heteroatoms. The number of nitrogen functional groups attached to an aromatic ring is 1. The standard InChI is InChI=1S/C14H13N3O/c1-10-7-13(5-6-14(10)17-16)18-12-4-2-3-11(8-12)9-15/h2-8,17H,16H2,1H3. The fraction of sp³-hybridized carbons (Fsp3) is 0.0714. The summed E-state index contributed by atoms with van der Waals surface area (Å²) in [7, 11) is 0. The molecule has 3 N–H and O–H groups in total. The molecule has 0 fully saturated rings. The minimum Gasteiger partial charge on any atom is -0.457 e. The van der Waals surface area contributed by atoms with Crippen molar-refractivity contribution in [2.75, 3.05) is 5.43 Å². The molecule has 18 heavy (non-hydrogen) atoms. The fourth-order valence-electron chi connectivity index (χ4n) is 1.63. The molecule has 0 heterocycles. The van der Waals surface area contributed by atoms with Crippen molar-refractivity contribution in [2.24, 2.45) is 5.84 Å². The van der Waals surface area contributed by atoms with Gasteiger partial charge in [0.05, 0.1) is 17.3 Å². The van der Waals surface area contributed by atoms with Gasteiger partial charge in [-0.2, -0.15) is 5.26 Å². The number of nitriles is 1. The van der Waals surface area contributed by atoms with Crippen LogP contribution in [0, 0.1) is 18.3 Å². The third-order valence-corrected chi connectivity index (χ3v) is 2.55. The molecule has 0 aliphatic heterocycles. The van der Waals surface area contributed by atoms with Gasteiger partial charge in [0.2, 0.25) is 0 Å². The number of hydrogen-bond acceptors (Lipinski definition) is 4. The molecule has 2 rings (SSSR count). The predicted molar refractivity (Wildman–Crippen MR) is 70.2 cm³/mol. The van der Waals surface area contributed by atoms with Crippen LogP contribution in [-0.4, -0.2) is 0 Å². The topological polar surface area (TPSA) is 71.1 Å². The molecule has 0 aliphatic carbocycles. The van der Waals surface area contributed by atoms with Crippen LogP contribution in [0.1, 0.15) is 11.1 Å². The van der Waals surface area contributed by atoms with E-state index in [-0.39, 0.29) is 0 Å². The molecular formula is C14H13N3O. The molecule has 0 unspecified atom stereocenters. The molecule has 0 spiro atoms. The number of nitrogens with zero attached hydrogens (tertiary/aromatic N) is 1. The molecule has 0 saturated heterocycles. The van der Waals surface area contributed by atoms with Gasteiger partial charge in [0.15, 0.2) is 0 Å². The van der Waals surface area contributed by atoms with E-state index in [0.717, 1.165) is 11.3 Å². The van der Waals surface area contributed by atoms with Crippen molar-refractivity contribution in [3.63, 3.8) is 0 Å². The Bertz CT molecular complexity index is 602. The smallest absolute Gasteiger partial charge is 0.128 e. The number of hydrazine groups is 1. The second-order valence-electron chi connectivity index (χ2n) is 3.86. The van der Waals surface area contributed by atoms with Gasteiger partial charge in [0.25, 0.3) is 0 Å². The van der Waals surface area contributed by atoms with Gasteiger partial charge in [0.1, 0.15) is 11.5 Å². The van der Waals surface area contributed by atoms with Crippen LogP contribution in [0.3, 0.4) is 0 Å². The average molecular weight is 239 g/mol. The molecule has 4 nitrogen and oxygen atoms in total. The third-order valence-electron chi connectivity index (χ3n) is 2.55. The Kier molecular flexibility index (Phi) is 3.46. The van der Waals surface area contributed by atoms with Gasteiger partial charge < -0.3 is 10.2 Å². The zero-order chi connectivity index (χ0) is 13.0.